The maximum atomic E-state index is 12.6. The number of hydrogen-bond acceptors (Lipinski definition) is 4. The zero-order valence-electron chi connectivity index (χ0n) is 14.2. The summed E-state index contributed by atoms with van der Waals surface area (Å²) < 4.78 is 5.07. The zero-order chi connectivity index (χ0) is 16.7. The van der Waals surface area contributed by atoms with E-state index in [1.165, 1.54) is 0 Å². The van der Waals surface area contributed by atoms with Gasteiger partial charge in [-0.05, 0) is 26.3 Å². The summed E-state index contributed by atoms with van der Waals surface area (Å²) in [5.74, 6) is -0.409. The molecule has 0 aliphatic rings. The second kappa shape index (κ2) is 8.58. The Morgan fingerprint density at radius 1 is 1.14 bits per heavy atom. The van der Waals surface area contributed by atoms with Crippen LogP contribution < -0.4 is 0 Å². The monoisotopic (exact) mass is 309 g/mol. The molecular weight excluding hydrogens is 282 g/mol. The first-order valence-corrected chi connectivity index (χ1v) is 7.89. The number of H-pyrrole nitrogens is 1. The summed E-state index contributed by atoms with van der Waals surface area (Å²) in [6, 6.07) is 0. The van der Waals surface area contributed by atoms with E-state index in [9.17, 15) is 9.59 Å². The van der Waals surface area contributed by atoms with Gasteiger partial charge >= 0.3 is 5.97 Å². The fourth-order valence-corrected chi connectivity index (χ4v) is 2.55. The van der Waals surface area contributed by atoms with Crippen LogP contribution in [0.3, 0.4) is 0 Å². The number of amides is 1. The summed E-state index contributed by atoms with van der Waals surface area (Å²) in [5, 5.41) is 3.72. The van der Waals surface area contributed by atoms with Crippen molar-refractivity contribution >= 4 is 11.9 Å². The molecule has 0 aliphatic carbocycles. The Morgan fingerprint density at radius 2 is 1.77 bits per heavy atom. The van der Waals surface area contributed by atoms with Crippen LogP contribution in [0.2, 0.25) is 0 Å². The molecule has 0 spiro atoms. The Balaban J connectivity index is 2.94. The molecule has 1 rings (SSSR count). The highest BCUT2D eigenvalue weighted by molar-refractivity contribution is 5.94. The molecule has 0 fully saturated rings. The first-order valence-electron chi connectivity index (χ1n) is 7.89. The number of hydrazine groups is 1. The van der Waals surface area contributed by atoms with Crippen molar-refractivity contribution in [3.05, 3.63) is 23.0 Å². The molecule has 1 aromatic rings. The topological polar surface area (TPSA) is 65.6 Å². The van der Waals surface area contributed by atoms with Crippen LogP contribution in [0.25, 0.3) is 0 Å². The number of carbonyl (C=O) groups is 2. The molecule has 0 saturated heterocycles. The van der Waals surface area contributed by atoms with Gasteiger partial charge in [0.2, 0.25) is 5.91 Å². The first-order chi connectivity index (χ1) is 10.5. The molecule has 0 atom stereocenters. The summed E-state index contributed by atoms with van der Waals surface area (Å²) in [5.41, 5.74) is 1.89. The zero-order valence-corrected chi connectivity index (χ0v) is 14.2. The van der Waals surface area contributed by atoms with Gasteiger partial charge in [-0.15, -0.1) is 0 Å². The molecule has 1 heterocycles. The molecule has 6 heteroatoms. The molecule has 0 bridgehead atoms. The standard InChI is InChI=1S/C16H27N3O3/c1-6-18(7-2)19(8-3)14(20)10-13-15(12(5)11-17-13)16(21)22-9-4/h11,17H,6-10H2,1-5H3. The van der Waals surface area contributed by atoms with E-state index < -0.39 is 0 Å². The van der Waals surface area contributed by atoms with Crippen molar-refractivity contribution in [1.82, 2.24) is 15.0 Å². The quantitative estimate of drug-likeness (QED) is 0.590. The SMILES string of the molecule is CCOC(=O)c1c(C)c[nH]c1CC(=O)N(CC)N(CC)CC. The van der Waals surface area contributed by atoms with Gasteiger partial charge in [-0.3, -0.25) is 9.80 Å². The number of nitrogens with zero attached hydrogens (tertiary/aromatic N) is 2. The lowest BCUT2D eigenvalue weighted by molar-refractivity contribution is -0.147. The molecule has 1 aromatic heterocycles. The van der Waals surface area contributed by atoms with Gasteiger partial charge in [-0.25, -0.2) is 9.80 Å². The van der Waals surface area contributed by atoms with E-state index in [0.29, 0.717) is 24.4 Å². The molecule has 0 aromatic carbocycles. The summed E-state index contributed by atoms with van der Waals surface area (Å²) in [6.45, 7) is 12.0. The normalized spacial score (nSPS) is 10.8. The van der Waals surface area contributed by atoms with Crippen LogP contribution in [0.4, 0.5) is 0 Å². The van der Waals surface area contributed by atoms with E-state index >= 15 is 0 Å². The van der Waals surface area contributed by atoms with Crippen molar-refractivity contribution < 1.29 is 14.3 Å². The predicted molar refractivity (Wildman–Crippen MR) is 85.5 cm³/mol. The van der Waals surface area contributed by atoms with Gasteiger partial charge < -0.3 is 9.72 Å². The Bertz CT molecular complexity index is 507. The van der Waals surface area contributed by atoms with E-state index in [2.05, 4.69) is 4.98 Å². The van der Waals surface area contributed by atoms with Crippen molar-refractivity contribution in [3.63, 3.8) is 0 Å². The summed E-state index contributed by atoms with van der Waals surface area (Å²) in [7, 11) is 0. The van der Waals surface area contributed by atoms with Crippen molar-refractivity contribution in [2.45, 2.75) is 41.0 Å². The molecule has 1 N–H and O–H groups in total. The van der Waals surface area contributed by atoms with Gasteiger partial charge in [0.05, 0.1) is 18.6 Å². The first kappa shape index (κ1) is 18.2. The molecule has 124 valence electrons. The second-order valence-electron chi connectivity index (χ2n) is 4.97. The summed E-state index contributed by atoms with van der Waals surface area (Å²) in [6.07, 6.45) is 1.90. The van der Waals surface area contributed by atoms with Crippen LogP contribution in [-0.4, -0.2) is 53.1 Å². The molecule has 0 saturated carbocycles. The van der Waals surface area contributed by atoms with Crippen molar-refractivity contribution in [3.8, 4) is 0 Å². The molecule has 0 unspecified atom stereocenters. The van der Waals surface area contributed by atoms with Crippen LogP contribution in [-0.2, 0) is 16.0 Å². The lowest BCUT2D eigenvalue weighted by Gasteiger charge is -2.32. The number of esters is 1. The third kappa shape index (κ3) is 4.10. The van der Waals surface area contributed by atoms with E-state index in [4.69, 9.17) is 4.74 Å². The Labute approximate surface area is 132 Å². The Kier molecular flexibility index (Phi) is 7.11. The van der Waals surface area contributed by atoms with Gasteiger partial charge in [-0.1, -0.05) is 13.8 Å². The van der Waals surface area contributed by atoms with Crippen LogP contribution in [0.15, 0.2) is 6.20 Å². The predicted octanol–water partition coefficient (Wildman–Crippen LogP) is 2.15. The van der Waals surface area contributed by atoms with Gasteiger partial charge in [-0.2, -0.15) is 0 Å². The number of aromatic amines is 1. The third-order valence-electron chi connectivity index (χ3n) is 3.63. The molecule has 22 heavy (non-hydrogen) atoms. The molecular formula is C16H27N3O3. The highest BCUT2D eigenvalue weighted by Gasteiger charge is 2.23. The van der Waals surface area contributed by atoms with E-state index in [0.717, 1.165) is 18.7 Å². The largest absolute Gasteiger partial charge is 0.462 e. The summed E-state index contributed by atoms with van der Waals surface area (Å²) in [4.78, 5) is 27.6. The lowest BCUT2D eigenvalue weighted by Crippen LogP contribution is -2.47. The number of carbonyl (C=O) groups excluding carboxylic acids is 2. The van der Waals surface area contributed by atoms with Crippen LogP contribution in [0.5, 0.6) is 0 Å². The molecule has 6 nitrogen and oxygen atoms in total. The van der Waals surface area contributed by atoms with E-state index in [1.54, 1.807) is 18.1 Å². The van der Waals surface area contributed by atoms with Gasteiger partial charge in [0.25, 0.3) is 0 Å². The minimum atomic E-state index is -0.380. The van der Waals surface area contributed by atoms with Crippen molar-refractivity contribution in [2.75, 3.05) is 26.2 Å². The average molecular weight is 309 g/mol. The minimum absolute atomic E-state index is 0.0291. The van der Waals surface area contributed by atoms with Crippen LogP contribution in [0, 0.1) is 6.92 Å². The van der Waals surface area contributed by atoms with Gasteiger partial charge in [0, 0.05) is 31.5 Å². The number of aromatic nitrogens is 1. The van der Waals surface area contributed by atoms with E-state index in [1.807, 2.05) is 32.7 Å². The molecule has 1 amide bonds. The van der Waals surface area contributed by atoms with Crippen molar-refractivity contribution in [1.29, 1.82) is 0 Å². The van der Waals surface area contributed by atoms with Gasteiger partial charge in [0.1, 0.15) is 0 Å². The Morgan fingerprint density at radius 3 is 2.27 bits per heavy atom. The average Bonchev–Trinajstić information content (AvgIpc) is 2.85. The fraction of sp³-hybridized carbons (Fsp3) is 0.625. The van der Waals surface area contributed by atoms with Crippen LogP contribution >= 0.6 is 0 Å². The highest BCUT2D eigenvalue weighted by Crippen LogP contribution is 2.16. The number of nitrogens with one attached hydrogen (secondary N) is 1. The lowest BCUT2D eigenvalue weighted by atomic mass is 10.1. The van der Waals surface area contributed by atoms with Gasteiger partial charge in [0.15, 0.2) is 0 Å². The van der Waals surface area contributed by atoms with E-state index in [-0.39, 0.29) is 18.3 Å². The van der Waals surface area contributed by atoms with Crippen molar-refractivity contribution in [2.24, 2.45) is 0 Å². The number of likely N-dealkylation sites (N-methyl/N-ethyl adjacent to an activating group) is 1. The molecule has 0 aliphatic heterocycles. The maximum Gasteiger partial charge on any atom is 0.340 e. The second-order valence-corrected chi connectivity index (χ2v) is 4.97. The minimum Gasteiger partial charge on any atom is -0.462 e. The molecule has 0 radical (unpaired) electrons. The number of rotatable bonds is 8. The number of aryl methyl sites for hydroxylation is 1. The number of ether oxygens (including phenoxy) is 1. The smallest absolute Gasteiger partial charge is 0.340 e. The summed E-state index contributed by atoms with van der Waals surface area (Å²) >= 11 is 0. The Hall–Kier alpha value is -1.82. The fourth-order valence-electron chi connectivity index (χ4n) is 2.55. The maximum absolute atomic E-state index is 12.6. The highest BCUT2D eigenvalue weighted by atomic mass is 16.5. The number of hydrogen-bond donors (Lipinski definition) is 1. The van der Waals surface area contributed by atoms with Crippen LogP contribution in [0.1, 0.15) is 49.3 Å². The third-order valence-corrected chi connectivity index (χ3v) is 3.63.